The van der Waals surface area contributed by atoms with Crippen molar-refractivity contribution in [2.45, 2.75) is 18.4 Å². The molecule has 0 aliphatic heterocycles. The lowest BCUT2D eigenvalue weighted by Crippen LogP contribution is -2.23. The van der Waals surface area contributed by atoms with Crippen LogP contribution in [0.1, 0.15) is 11.3 Å². The second kappa shape index (κ2) is 4.64. The van der Waals surface area contributed by atoms with Crippen molar-refractivity contribution in [3.05, 3.63) is 42.0 Å². The SMILES string of the molecule is Cc1cccnc1CNS(=O)(=O)c1cn[nH]c1. The third kappa shape index (κ3) is 2.69. The molecule has 90 valence electrons. The molecule has 0 aliphatic carbocycles. The van der Waals surface area contributed by atoms with Crippen LogP contribution in [0.2, 0.25) is 0 Å². The highest BCUT2D eigenvalue weighted by Gasteiger charge is 2.15. The minimum Gasteiger partial charge on any atom is -0.284 e. The second-order valence-electron chi connectivity index (χ2n) is 3.53. The normalized spacial score (nSPS) is 11.6. The number of aromatic nitrogens is 3. The molecule has 2 rings (SSSR count). The molecule has 2 aromatic rings. The highest BCUT2D eigenvalue weighted by atomic mass is 32.2. The second-order valence-corrected chi connectivity index (χ2v) is 5.29. The van der Waals surface area contributed by atoms with Gasteiger partial charge in [0, 0.05) is 12.4 Å². The molecule has 17 heavy (non-hydrogen) atoms. The van der Waals surface area contributed by atoms with Crippen LogP contribution in [0, 0.1) is 6.92 Å². The zero-order chi connectivity index (χ0) is 12.3. The van der Waals surface area contributed by atoms with E-state index in [4.69, 9.17) is 0 Å². The number of nitrogens with zero attached hydrogens (tertiary/aromatic N) is 2. The monoisotopic (exact) mass is 252 g/mol. The minimum absolute atomic E-state index is 0.117. The summed E-state index contributed by atoms with van der Waals surface area (Å²) >= 11 is 0. The molecule has 0 atom stereocenters. The molecule has 0 bridgehead atoms. The Morgan fingerprint density at radius 1 is 1.47 bits per heavy atom. The predicted octanol–water partition coefficient (Wildman–Crippen LogP) is 0.592. The molecular weight excluding hydrogens is 240 g/mol. The first-order chi connectivity index (χ1) is 8.09. The summed E-state index contributed by atoms with van der Waals surface area (Å²) in [5.41, 5.74) is 1.65. The number of aryl methyl sites for hydroxylation is 1. The standard InChI is InChI=1S/C10H12N4O2S/c1-8-3-2-4-11-10(8)7-14-17(15,16)9-5-12-13-6-9/h2-6,14H,7H2,1H3,(H,12,13). The molecular formula is C10H12N4O2S. The van der Waals surface area contributed by atoms with E-state index in [0.29, 0.717) is 5.69 Å². The van der Waals surface area contributed by atoms with Gasteiger partial charge in [-0.1, -0.05) is 6.07 Å². The number of pyridine rings is 1. The van der Waals surface area contributed by atoms with Gasteiger partial charge >= 0.3 is 0 Å². The maximum Gasteiger partial charge on any atom is 0.244 e. The Bertz CT molecular complexity index is 593. The zero-order valence-electron chi connectivity index (χ0n) is 9.21. The Balaban J connectivity index is 2.12. The molecule has 2 aromatic heterocycles. The summed E-state index contributed by atoms with van der Waals surface area (Å²) in [7, 11) is -3.52. The van der Waals surface area contributed by atoms with Crippen LogP contribution < -0.4 is 4.72 Å². The van der Waals surface area contributed by atoms with E-state index >= 15 is 0 Å². The molecule has 0 spiro atoms. The van der Waals surface area contributed by atoms with Gasteiger partial charge in [0.25, 0.3) is 0 Å². The van der Waals surface area contributed by atoms with Crippen molar-refractivity contribution in [2.24, 2.45) is 0 Å². The van der Waals surface area contributed by atoms with Crippen LogP contribution in [-0.2, 0) is 16.6 Å². The average molecular weight is 252 g/mol. The minimum atomic E-state index is -3.52. The van der Waals surface area contributed by atoms with Gasteiger partial charge in [-0.15, -0.1) is 0 Å². The van der Waals surface area contributed by atoms with Crippen molar-refractivity contribution in [3.63, 3.8) is 0 Å². The van der Waals surface area contributed by atoms with Gasteiger partial charge in [-0.25, -0.2) is 13.1 Å². The van der Waals surface area contributed by atoms with E-state index in [-0.39, 0.29) is 11.4 Å². The third-order valence-electron chi connectivity index (χ3n) is 2.33. The van der Waals surface area contributed by atoms with E-state index in [1.54, 1.807) is 6.20 Å². The van der Waals surface area contributed by atoms with Gasteiger partial charge in [0.1, 0.15) is 4.90 Å². The summed E-state index contributed by atoms with van der Waals surface area (Å²) < 4.78 is 26.0. The summed E-state index contributed by atoms with van der Waals surface area (Å²) in [5.74, 6) is 0. The highest BCUT2D eigenvalue weighted by Crippen LogP contribution is 2.07. The van der Waals surface area contributed by atoms with Crippen molar-refractivity contribution in [2.75, 3.05) is 0 Å². The molecule has 0 fully saturated rings. The summed E-state index contributed by atoms with van der Waals surface area (Å²) in [4.78, 5) is 4.23. The van der Waals surface area contributed by atoms with Gasteiger partial charge in [-0.2, -0.15) is 5.10 Å². The Hall–Kier alpha value is -1.73. The molecule has 2 heterocycles. The van der Waals surface area contributed by atoms with E-state index in [1.165, 1.54) is 12.4 Å². The van der Waals surface area contributed by atoms with Gasteiger partial charge in [0.2, 0.25) is 10.0 Å². The average Bonchev–Trinajstić information content (AvgIpc) is 2.82. The topological polar surface area (TPSA) is 87.7 Å². The number of rotatable bonds is 4. The number of nitrogens with one attached hydrogen (secondary N) is 2. The van der Waals surface area contributed by atoms with E-state index in [9.17, 15) is 8.42 Å². The van der Waals surface area contributed by atoms with E-state index in [2.05, 4.69) is 19.9 Å². The van der Waals surface area contributed by atoms with Gasteiger partial charge in [0.05, 0.1) is 18.4 Å². The summed E-state index contributed by atoms with van der Waals surface area (Å²) in [5, 5.41) is 6.06. The summed E-state index contributed by atoms with van der Waals surface area (Å²) in [6, 6.07) is 3.69. The smallest absolute Gasteiger partial charge is 0.244 e. The lowest BCUT2D eigenvalue weighted by Gasteiger charge is -2.06. The lowest BCUT2D eigenvalue weighted by atomic mass is 10.2. The van der Waals surface area contributed by atoms with Gasteiger partial charge in [0.15, 0.2) is 0 Å². The number of sulfonamides is 1. The number of aromatic amines is 1. The van der Waals surface area contributed by atoms with Crippen molar-refractivity contribution in [1.82, 2.24) is 19.9 Å². The van der Waals surface area contributed by atoms with Crippen LogP contribution in [0.4, 0.5) is 0 Å². The number of H-pyrrole nitrogens is 1. The van der Waals surface area contributed by atoms with Crippen molar-refractivity contribution in [3.8, 4) is 0 Å². The molecule has 0 saturated carbocycles. The van der Waals surface area contributed by atoms with Gasteiger partial charge in [-0.05, 0) is 18.6 Å². The largest absolute Gasteiger partial charge is 0.284 e. The molecule has 0 saturated heterocycles. The maximum absolute atomic E-state index is 11.8. The fraction of sp³-hybridized carbons (Fsp3) is 0.200. The van der Waals surface area contributed by atoms with Crippen LogP contribution in [0.5, 0.6) is 0 Å². The Morgan fingerprint density at radius 3 is 2.94 bits per heavy atom. The highest BCUT2D eigenvalue weighted by molar-refractivity contribution is 7.89. The van der Waals surface area contributed by atoms with Crippen LogP contribution in [0.3, 0.4) is 0 Å². The maximum atomic E-state index is 11.8. The van der Waals surface area contributed by atoms with Gasteiger partial charge < -0.3 is 0 Å². The first-order valence-electron chi connectivity index (χ1n) is 4.98. The molecule has 6 nitrogen and oxygen atoms in total. The Morgan fingerprint density at radius 2 is 2.29 bits per heavy atom. The number of hydrogen-bond donors (Lipinski definition) is 2. The summed E-state index contributed by atoms with van der Waals surface area (Å²) in [6.07, 6.45) is 4.22. The Kier molecular flexibility index (Phi) is 3.21. The number of hydrogen-bond acceptors (Lipinski definition) is 4. The van der Waals surface area contributed by atoms with Crippen LogP contribution in [0.25, 0.3) is 0 Å². The molecule has 2 N–H and O–H groups in total. The van der Waals surface area contributed by atoms with Crippen LogP contribution >= 0.6 is 0 Å². The van der Waals surface area contributed by atoms with E-state index in [0.717, 1.165) is 5.56 Å². The molecule has 0 radical (unpaired) electrons. The first kappa shape index (κ1) is 11.7. The molecule has 7 heteroatoms. The van der Waals surface area contributed by atoms with Gasteiger partial charge in [-0.3, -0.25) is 10.1 Å². The predicted molar refractivity (Wildman–Crippen MR) is 61.6 cm³/mol. The van der Waals surface area contributed by atoms with Crippen LogP contribution in [-0.4, -0.2) is 23.6 Å². The summed E-state index contributed by atoms with van der Waals surface area (Å²) in [6.45, 7) is 2.05. The fourth-order valence-electron chi connectivity index (χ4n) is 1.34. The lowest BCUT2D eigenvalue weighted by molar-refractivity contribution is 0.580. The first-order valence-corrected chi connectivity index (χ1v) is 6.47. The zero-order valence-corrected chi connectivity index (χ0v) is 10.0. The molecule has 0 aromatic carbocycles. The van der Waals surface area contributed by atoms with E-state index in [1.807, 2.05) is 19.1 Å². The molecule has 0 amide bonds. The van der Waals surface area contributed by atoms with E-state index < -0.39 is 10.0 Å². The van der Waals surface area contributed by atoms with Crippen LogP contribution in [0.15, 0.2) is 35.6 Å². The third-order valence-corrected chi connectivity index (χ3v) is 3.70. The Labute approximate surface area is 99.1 Å². The van der Waals surface area contributed by atoms with Crippen molar-refractivity contribution in [1.29, 1.82) is 0 Å². The fourth-order valence-corrected chi connectivity index (χ4v) is 2.23. The van der Waals surface area contributed by atoms with Crippen molar-refractivity contribution >= 4 is 10.0 Å². The molecule has 0 unspecified atom stereocenters. The molecule has 0 aliphatic rings. The quantitative estimate of drug-likeness (QED) is 0.833. The van der Waals surface area contributed by atoms with Crippen molar-refractivity contribution < 1.29 is 8.42 Å².